The molecule has 3 N–H and O–H groups in total. The van der Waals surface area contributed by atoms with Crippen molar-refractivity contribution in [3.8, 4) is 0 Å². The molecule has 19 heavy (non-hydrogen) atoms. The van der Waals surface area contributed by atoms with Gasteiger partial charge in [-0.1, -0.05) is 35.6 Å². The second-order valence-corrected chi connectivity index (χ2v) is 5.59. The minimum atomic E-state index is -0.102. The third kappa shape index (κ3) is 2.44. The van der Waals surface area contributed by atoms with Crippen molar-refractivity contribution in [3.05, 3.63) is 35.4 Å². The van der Waals surface area contributed by atoms with Crippen molar-refractivity contribution in [2.24, 2.45) is 0 Å². The fourth-order valence-electron chi connectivity index (χ4n) is 2.50. The molecule has 0 aliphatic heterocycles. The van der Waals surface area contributed by atoms with Crippen LogP contribution < -0.4 is 11.1 Å². The van der Waals surface area contributed by atoms with Crippen LogP contribution in [0.4, 0.5) is 10.3 Å². The van der Waals surface area contributed by atoms with Crippen molar-refractivity contribution in [2.45, 2.75) is 25.2 Å². The molecule has 0 saturated heterocycles. The highest BCUT2D eigenvalue weighted by Gasteiger charge is 2.26. The minimum absolute atomic E-state index is 0.0247. The lowest BCUT2D eigenvalue weighted by Crippen LogP contribution is -2.24. The van der Waals surface area contributed by atoms with E-state index in [0.29, 0.717) is 10.3 Å². The molecular formula is C13H14N4OS. The molecule has 2 aromatic rings. The molecule has 1 aliphatic rings. The predicted octanol–water partition coefficient (Wildman–Crippen LogP) is 2.18. The van der Waals surface area contributed by atoms with Crippen LogP contribution in [-0.2, 0) is 11.2 Å². The molecule has 0 fully saturated rings. The quantitative estimate of drug-likeness (QED) is 0.879. The summed E-state index contributed by atoms with van der Waals surface area (Å²) in [7, 11) is 0. The molecule has 1 amide bonds. The van der Waals surface area contributed by atoms with Gasteiger partial charge in [-0.3, -0.25) is 10.1 Å². The van der Waals surface area contributed by atoms with E-state index >= 15 is 0 Å². The molecule has 1 unspecified atom stereocenters. The number of aryl methyl sites for hydroxylation is 1. The third-order valence-corrected chi connectivity index (χ3v) is 4.02. The van der Waals surface area contributed by atoms with Gasteiger partial charge in [-0.05, 0) is 30.4 Å². The van der Waals surface area contributed by atoms with E-state index in [1.54, 1.807) is 0 Å². The van der Waals surface area contributed by atoms with Crippen molar-refractivity contribution >= 4 is 27.5 Å². The highest BCUT2D eigenvalue weighted by atomic mass is 32.1. The van der Waals surface area contributed by atoms with Crippen LogP contribution in [0.15, 0.2) is 24.3 Å². The van der Waals surface area contributed by atoms with Crippen LogP contribution in [-0.4, -0.2) is 16.1 Å². The summed E-state index contributed by atoms with van der Waals surface area (Å²) in [4.78, 5) is 12.3. The monoisotopic (exact) mass is 274 g/mol. The molecule has 1 aromatic heterocycles. The molecule has 5 nitrogen and oxygen atoms in total. The molecule has 0 bridgehead atoms. The standard InChI is InChI=1S/C13H14N4OS/c14-12-16-17-13(19-12)15-11(18)10-7-3-5-8-4-1-2-6-9(8)10/h1-2,4,6,10H,3,5,7H2,(H2,14,16)(H,15,17,18). The van der Waals surface area contributed by atoms with Crippen LogP contribution in [0, 0.1) is 0 Å². The van der Waals surface area contributed by atoms with Gasteiger partial charge in [0, 0.05) is 0 Å². The molecular weight excluding hydrogens is 260 g/mol. The van der Waals surface area contributed by atoms with Gasteiger partial charge in [-0.25, -0.2) is 0 Å². The van der Waals surface area contributed by atoms with Crippen LogP contribution in [0.3, 0.4) is 0 Å². The molecule has 1 aliphatic carbocycles. The Hall–Kier alpha value is -1.95. The zero-order valence-corrected chi connectivity index (χ0v) is 11.1. The van der Waals surface area contributed by atoms with Crippen molar-refractivity contribution in [1.29, 1.82) is 0 Å². The third-order valence-electron chi connectivity index (χ3n) is 3.36. The fourth-order valence-corrected chi connectivity index (χ4v) is 3.02. The summed E-state index contributed by atoms with van der Waals surface area (Å²) in [5.74, 6) is -0.127. The molecule has 1 atom stereocenters. The SMILES string of the molecule is Nc1nnc(NC(=O)C2CCCc3ccccc32)s1. The summed E-state index contributed by atoms with van der Waals surface area (Å²) in [5, 5.41) is 11.1. The number of fused-ring (bicyclic) bond motifs is 1. The zero-order chi connectivity index (χ0) is 13.2. The van der Waals surface area contributed by atoms with Crippen molar-refractivity contribution in [1.82, 2.24) is 10.2 Å². The lowest BCUT2D eigenvalue weighted by atomic mass is 9.82. The van der Waals surface area contributed by atoms with Gasteiger partial charge in [-0.15, -0.1) is 10.2 Å². The van der Waals surface area contributed by atoms with Crippen LogP contribution in [0.25, 0.3) is 0 Å². The first-order valence-electron chi connectivity index (χ1n) is 6.21. The number of nitrogens with one attached hydrogen (secondary N) is 1. The summed E-state index contributed by atoms with van der Waals surface area (Å²) >= 11 is 1.18. The number of hydrogen-bond donors (Lipinski definition) is 2. The van der Waals surface area contributed by atoms with Gasteiger partial charge < -0.3 is 5.73 Å². The Balaban J connectivity index is 1.81. The maximum Gasteiger partial charge on any atom is 0.233 e. The zero-order valence-electron chi connectivity index (χ0n) is 10.3. The van der Waals surface area contributed by atoms with Gasteiger partial charge in [0.2, 0.25) is 16.2 Å². The van der Waals surface area contributed by atoms with E-state index in [9.17, 15) is 4.79 Å². The molecule has 0 radical (unpaired) electrons. The largest absolute Gasteiger partial charge is 0.374 e. The molecule has 0 saturated carbocycles. The first-order valence-corrected chi connectivity index (χ1v) is 7.03. The molecule has 98 valence electrons. The number of carbonyl (C=O) groups is 1. The van der Waals surface area contributed by atoms with Crippen LogP contribution in [0.5, 0.6) is 0 Å². The normalized spacial score (nSPS) is 17.8. The average molecular weight is 274 g/mol. The lowest BCUT2D eigenvalue weighted by Gasteiger charge is -2.24. The van der Waals surface area contributed by atoms with Crippen molar-refractivity contribution in [2.75, 3.05) is 11.1 Å². The van der Waals surface area contributed by atoms with E-state index < -0.39 is 0 Å². The van der Waals surface area contributed by atoms with Gasteiger partial charge in [0.15, 0.2) is 0 Å². The van der Waals surface area contributed by atoms with Gasteiger partial charge in [-0.2, -0.15) is 0 Å². The summed E-state index contributed by atoms with van der Waals surface area (Å²) in [6, 6.07) is 8.13. The smallest absolute Gasteiger partial charge is 0.233 e. The topological polar surface area (TPSA) is 80.9 Å². The number of hydrogen-bond acceptors (Lipinski definition) is 5. The van der Waals surface area contributed by atoms with Crippen molar-refractivity contribution in [3.63, 3.8) is 0 Å². The number of nitrogen functional groups attached to an aromatic ring is 1. The number of anilines is 2. The van der Waals surface area contributed by atoms with Gasteiger partial charge in [0.1, 0.15) is 0 Å². The molecule has 3 rings (SSSR count). The second kappa shape index (κ2) is 4.97. The molecule has 1 aromatic carbocycles. The summed E-state index contributed by atoms with van der Waals surface area (Å²) in [5.41, 5.74) is 7.90. The Morgan fingerprint density at radius 3 is 3.00 bits per heavy atom. The van der Waals surface area contributed by atoms with Gasteiger partial charge in [0.05, 0.1) is 5.92 Å². The maximum absolute atomic E-state index is 12.3. The highest BCUT2D eigenvalue weighted by Crippen LogP contribution is 2.32. The average Bonchev–Trinajstić information content (AvgIpc) is 2.83. The van der Waals surface area contributed by atoms with Crippen LogP contribution in [0.2, 0.25) is 0 Å². The Labute approximate surface area is 114 Å². The van der Waals surface area contributed by atoms with E-state index in [2.05, 4.69) is 21.6 Å². The number of carbonyl (C=O) groups excluding carboxylic acids is 1. The number of aromatic nitrogens is 2. The number of nitrogens with two attached hydrogens (primary N) is 1. The maximum atomic E-state index is 12.3. The summed E-state index contributed by atoms with van der Waals surface area (Å²) in [6.07, 6.45) is 2.95. The Morgan fingerprint density at radius 2 is 2.21 bits per heavy atom. The fraction of sp³-hybridized carbons (Fsp3) is 0.308. The van der Waals surface area contributed by atoms with E-state index in [1.807, 2.05) is 18.2 Å². The molecule has 0 spiro atoms. The van der Waals surface area contributed by atoms with Crippen LogP contribution >= 0.6 is 11.3 Å². The number of nitrogens with zero attached hydrogens (tertiary/aromatic N) is 2. The number of benzene rings is 1. The van der Waals surface area contributed by atoms with E-state index in [-0.39, 0.29) is 11.8 Å². The van der Waals surface area contributed by atoms with Crippen LogP contribution in [0.1, 0.15) is 29.9 Å². The van der Waals surface area contributed by atoms with Gasteiger partial charge in [0.25, 0.3) is 0 Å². The Kier molecular flexibility index (Phi) is 3.16. The van der Waals surface area contributed by atoms with Crippen molar-refractivity contribution < 1.29 is 4.79 Å². The predicted molar refractivity (Wildman–Crippen MR) is 75.1 cm³/mol. The number of rotatable bonds is 2. The van der Waals surface area contributed by atoms with Gasteiger partial charge >= 0.3 is 0 Å². The van der Waals surface area contributed by atoms with E-state index in [0.717, 1.165) is 24.8 Å². The Morgan fingerprint density at radius 1 is 1.37 bits per heavy atom. The second-order valence-electron chi connectivity index (χ2n) is 4.58. The van der Waals surface area contributed by atoms with E-state index in [1.165, 1.54) is 16.9 Å². The van der Waals surface area contributed by atoms with E-state index in [4.69, 9.17) is 5.73 Å². The summed E-state index contributed by atoms with van der Waals surface area (Å²) < 4.78 is 0. The molecule has 1 heterocycles. The molecule has 6 heteroatoms. The first kappa shape index (κ1) is 12.1. The summed E-state index contributed by atoms with van der Waals surface area (Å²) in [6.45, 7) is 0. The lowest BCUT2D eigenvalue weighted by molar-refractivity contribution is -0.117. The minimum Gasteiger partial charge on any atom is -0.374 e. The Bertz CT molecular complexity index is 610. The number of amides is 1. The first-order chi connectivity index (χ1) is 9.24. The highest BCUT2D eigenvalue weighted by molar-refractivity contribution is 7.18.